The van der Waals surface area contributed by atoms with Crippen molar-refractivity contribution in [1.82, 2.24) is 4.57 Å². The minimum absolute atomic E-state index is 0.131. The van der Waals surface area contributed by atoms with Crippen LogP contribution in [0.15, 0.2) is 59.2 Å². The molecule has 2 aromatic carbocycles. The molecule has 0 aliphatic carbocycles. The molecule has 0 atom stereocenters. The van der Waals surface area contributed by atoms with Crippen LogP contribution >= 0.6 is 15.9 Å². The van der Waals surface area contributed by atoms with Gasteiger partial charge in [-0.15, -0.1) is 0 Å². The van der Waals surface area contributed by atoms with E-state index in [2.05, 4.69) is 15.9 Å². The molecule has 3 heteroatoms. The maximum absolute atomic E-state index is 12.4. The van der Waals surface area contributed by atoms with Crippen molar-refractivity contribution in [3.63, 3.8) is 0 Å². The first-order valence-corrected chi connectivity index (χ1v) is 7.28. The normalized spacial score (nSPS) is 10.9. The van der Waals surface area contributed by atoms with E-state index < -0.39 is 0 Å². The molecule has 1 aromatic heterocycles. The number of fused-ring (bicyclic) bond motifs is 1. The highest BCUT2D eigenvalue weighted by Gasteiger charge is 2.09. The summed E-state index contributed by atoms with van der Waals surface area (Å²) in [5, 5.41) is 1.13. The van der Waals surface area contributed by atoms with E-state index >= 15 is 0 Å². The lowest BCUT2D eigenvalue weighted by Gasteiger charge is -2.06. The number of rotatable bonds is 3. The highest BCUT2D eigenvalue weighted by Crippen LogP contribution is 2.24. The first-order chi connectivity index (χ1) is 9.65. The monoisotopic (exact) mass is 327 g/mol. The third-order valence-corrected chi connectivity index (χ3v) is 4.11. The standard InChI is InChI=1S/C17H14BrNO/c1-12-4-2-5-13(10-12)17(20)11-19-9-8-14-15(18)6-3-7-16(14)19/h2-10H,11H2,1H3. The number of carbonyl (C=O) groups excluding carboxylic acids is 1. The Kier molecular flexibility index (Phi) is 3.45. The molecule has 1 heterocycles. The van der Waals surface area contributed by atoms with E-state index in [-0.39, 0.29) is 5.78 Å². The smallest absolute Gasteiger partial charge is 0.182 e. The van der Waals surface area contributed by atoms with Gasteiger partial charge in [0.2, 0.25) is 0 Å². The van der Waals surface area contributed by atoms with Gasteiger partial charge in [-0.3, -0.25) is 4.79 Å². The summed E-state index contributed by atoms with van der Waals surface area (Å²) >= 11 is 3.53. The van der Waals surface area contributed by atoms with Gasteiger partial charge in [0.25, 0.3) is 0 Å². The van der Waals surface area contributed by atoms with Crippen LogP contribution in [0.2, 0.25) is 0 Å². The fourth-order valence-electron chi connectivity index (χ4n) is 2.39. The number of hydrogen-bond donors (Lipinski definition) is 0. The fourth-order valence-corrected chi connectivity index (χ4v) is 2.88. The van der Waals surface area contributed by atoms with Crippen LogP contribution in [0.25, 0.3) is 10.9 Å². The van der Waals surface area contributed by atoms with Crippen LogP contribution in [0.4, 0.5) is 0 Å². The maximum Gasteiger partial charge on any atom is 0.182 e. The first-order valence-electron chi connectivity index (χ1n) is 6.48. The molecule has 100 valence electrons. The first kappa shape index (κ1) is 13.1. The second-order valence-electron chi connectivity index (χ2n) is 4.91. The summed E-state index contributed by atoms with van der Waals surface area (Å²) in [7, 11) is 0. The second-order valence-corrected chi connectivity index (χ2v) is 5.76. The number of aryl methyl sites for hydroxylation is 1. The Morgan fingerprint density at radius 2 is 1.95 bits per heavy atom. The molecule has 0 aliphatic heterocycles. The van der Waals surface area contributed by atoms with Gasteiger partial charge in [0.15, 0.2) is 5.78 Å². The van der Waals surface area contributed by atoms with Crippen molar-refractivity contribution in [2.24, 2.45) is 0 Å². The lowest BCUT2D eigenvalue weighted by Crippen LogP contribution is -2.09. The van der Waals surface area contributed by atoms with Crippen molar-refractivity contribution in [2.75, 3.05) is 0 Å². The van der Waals surface area contributed by atoms with Gasteiger partial charge < -0.3 is 4.57 Å². The van der Waals surface area contributed by atoms with Crippen LogP contribution < -0.4 is 0 Å². The Morgan fingerprint density at radius 3 is 2.75 bits per heavy atom. The zero-order valence-corrected chi connectivity index (χ0v) is 12.7. The van der Waals surface area contributed by atoms with Crippen LogP contribution in [0.1, 0.15) is 15.9 Å². The van der Waals surface area contributed by atoms with Crippen molar-refractivity contribution in [1.29, 1.82) is 0 Å². The van der Waals surface area contributed by atoms with Crippen LogP contribution in [-0.2, 0) is 6.54 Å². The average Bonchev–Trinajstić information content (AvgIpc) is 2.83. The molecule has 0 aliphatic rings. The number of benzene rings is 2. The summed E-state index contributed by atoms with van der Waals surface area (Å²) in [6.07, 6.45) is 1.96. The molecule has 0 radical (unpaired) electrons. The van der Waals surface area contributed by atoms with E-state index in [1.54, 1.807) is 0 Å². The van der Waals surface area contributed by atoms with Gasteiger partial charge in [0.05, 0.1) is 6.54 Å². The Hall–Kier alpha value is -1.87. The summed E-state index contributed by atoms with van der Waals surface area (Å²) in [5.41, 5.74) is 2.94. The van der Waals surface area contributed by atoms with E-state index in [0.29, 0.717) is 6.54 Å². The molecule has 20 heavy (non-hydrogen) atoms. The van der Waals surface area contributed by atoms with Crippen molar-refractivity contribution in [3.8, 4) is 0 Å². The molecular formula is C17H14BrNO. The van der Waals surface area contributed by atoms with E-state index in [0.717, 1.165) is 26.5 Å². The molecule has 0 unspecified atom stereocenters. The molecular weight excluding hydrogens is 314 g/mol. The lowest BCUT2D eigenvalue weighted by atomic mass is 10.1. The summed E-state index contributed by atoms with van der Waals surface area (Å²) in [6.45, 7) is 2.36. The summed E-state index contributed by atoms with van der Waals surface area (Å²) < 4.78 is 3.04. The number of carbonyl (C=O) groups is 1. The molecule has 0 fully saturated rings. The number of hydrogen-bond acceptors (Lipinski definition) is 1. The van der Waals surface area contributed by atoms with E-state index in [1.165, 1.54) is 0 Å². The fraction of sp³-hybridized carbons (Fsp3) is 0.118. The van der Waals surface area contributed by atoms with Gasteiger partial charge in [-0.05, 0) is 31.2 Å². The average molecular weight is 328 g/mol. The number of ketones is 1. The van der Waals surface area contributed by atoms with Crippen LogP contribution in [0, 0.1) is 6.92 Å². The van der Waals surface area contributed by atoms with Gasteiger partial charge in [-0.25, -0.2) is 0 Å². The maximum atomic E-state index is 12.4. The van der Waals surface area contributed by atoms with E-state index in [1.807, 2.05) is 66.2 Å². The van der Waals surface area contributed by atoms with Crippen molar-refractivity contribution >= 4 is 32.6 Å². The topological polar surface area (TPSA) is 22.0 Å². The molecule has 3 rings (SSSR count). The summed E-state index contributed by atoms with van der Waals surface area (Å²) in [4.78, 5) is 12.4. The quantitative estimate of drug-likeness (QED) is 0.644. The Labute approximate surface area is 126 Å². The molecule has 0 amide bonds. The Balaban J connectivity index is 1.94. The molecule has 0 saturated heterocycles. The number of nitrogens with zero attached hydrogens (tertiary/aromatic N) is 1. The minimum Gasteiger partial charge on any atom is -0.340 e. The summed E-state index contributed by atoms with van der Waals surface area (Å²) in [6, 6.07) is 15.8. The van der Waals surface area contributed by atoms with Crippen LogP contribution in [0.5, 0.6) is 0 Å². The Morgan fingerprint density at radius 1 is 1.15 bits per heavy atom. The number of halogens is 1. The molecule has 0 N–H and O–H groups in total. The van der Waals surface area contributed by atoms with E-state index in [4.69, 9.17) is 0 Å². The van der Waals surface area contributed by atoms with E-state index in [9.17, 15) is 4.79 Å². The SMILES string of the molecule is Cc1cccc(C(=O)Cn2ccc3c(Br)cccc32)c1. The summed E-state index contributed by atoms with van der Waals surface area (Å²) in [5.74, 6) is 0.131. The second kappa shape index (κ2) is 5.25. The molecule has 2 nitrogen and oxygen atoms in total. The van der Waals surface area contributed by atoms with Gasteiger partial charge in [0, 0.05) is 27.1 Å². The molecule has 0 spiro atoms. The third kappa shape index (κ3) is 2.41. The van der Waals surface area contributed by atoms with Crippen LogP contribution in [0.3, 0.4) is 0 Å². The van der Waals surface area contributed by atoms with Gasteiger partial charge in [0.1, 0.15) is 0 Å². The van der Waals surface area contributed by atoms with Crippen LogP contribution in [-0.4, -0.2) is 10.4 Å². The molecule has 0 saturated carbocycles. The zero-order valence-electron chi connectivity index (χ0n) is 11.1. The van der Waals surface area contributed by atoms with Gasteiger partial charge in [-0.1, -0.05) is 45.8 Å². The largest absolute Gasteiger partial charge is 0.340 e. The molecule has 3 aromatic rings. The third-order valence-electron chi connectivity index (χ3n) is 3.41. The van der Waals surface area contributed by atoms with Crippen molar-refractivity contribution in [3.05, 3.63) is 70.3 Å². The number of aromatic nitrogens is 1. The van der Waals surface area contributed by atoms with Gasteiger partial charge >= 0.3 is 0 Å². The molecule has 0 bridgehead atoms. The van der Waals surface area contributed by atoms with Crippen molar-refractivity contribution in [2.45, 2.75) is 13.5 Å². The predicted octanol–water partition coefficient (Wildman–Crippen LogP) is 4.60. The van der Waals surface area contributed by atoms with Gasteiger partial charge in [-0.2, -0.15) is 0 Å². The number of Topliss-reactive ketones (excluding diaryl/α,β-unsaturated/α-hetero) is 1. The highest BCUT2D eigenvalue weighted by atomic mass is 79.9. The lowest BCUT2D eigenvalue weighted by molar-refractivity contribution is 0.0973. The minimum atomic E-state index is 0.131. The Bertz CT molecular complexity index is 789. The highest BCUT2D eigenvalue weighted by molar-refractivity contribution is 9.10. The van der Waals surface area contributed by atoms with Crippen molar-refractivity contribution < 1.29 is 4.79 Å². The zero-order chi connectivity index (χ0) is 14.1. The predicted molar refractivity (Wildman–Crippen MR) is 85.1 cm³/mol.